The number of carboxylic acid groups (broad SMARTS) is 1. The summed E-state index contributed by atoms with van der Waals surface area (Å²) in [7, 11) is 0. The third kappa shape index (κ3) is 2.44. The van der Waals surface area contributed by atoms with E-state index in [0.29, 0.717) is 32.4 Å². The number of hydrogen-bond acceptors (Lipinski definition) is 3. The average molecular weight is 241 g/mol. The van der Waals surface area contributed by atoms with Gasteiger partial charge in [-0.05, 0) is 25.2 Å². The predicted molar refractivity (Wildman–Crippen MR) is 60.2 cm³/mol. The molecule has 0 spiro atoms. The molecule has 96 valence electrons. The van der Waals surface area contributed by atoms with Gasteiger partial charge >= 0.3 is 5.97 Å². The summed E-state index contributed by atoms with van der Waals surface area (Å²) in [6.07, 6.45) is 1.40. The number of carbonyl (C=O) groups excluding carboxylic acids is 1. The monoisotopic (exact) mass is 241 g/mol. The Hall–Kier alpha value is -1.10. The second-order valence-electron chi connectivity index (χ2n) is 5.35. The van der Waals surface area contributed by atoms with E-state index in [-0.39, 0.29) is 11.8 Å². The Kier molecular flexibility index (Phi) is 3.38. The zero-order chi connectivity index (χ0) is 12.6. The van der Waals surface area contributed by atoms with Crippen LogP contribution in [0.25, 0.3) is 0 Å². The molecule has 1 aliphatic heterocycles. The van der Waals surface area contributed by atoms with Gasteiger partial charge in [-0.3, -0.25) is 9.59 Å². The molecule has 0 aromatic carbocycles. The number of rotatable bonds is 2. The molecule has 5 heteroatoms. The van der Waals surface area contributed by atoms with Crippen LogP contribution in [0.1, 0.15) is 26.2 Å². The van der Waals surface area contributed by atoms with Crippen molar-refractivity contribution in [3.63, 3.8) is 0 Å². The maximum absolute atomic E-state index is 12.2. The molecular weight excluding hydrogens is 222 g/mol. The summed E-state index contributed by atoms with van der Waals surface area (Å²) >= 11 is 0. The quantitative estimate of drug-likeness (QED) is 0.730. The second-order valence-corrected chi connectivity index (χ2v) is 5.35. The number of carboxylic acids is 1. The molecule has 2 rings (SSSR count). The molecule has 2 N–H and O–H groups in total. The lowest BCUT2D eigenvalue weighted by molar-refractivity contribution is -0.148. The van der Waals surface area contributed by atoms with Crippen LogP contribution in [0, 0.1) is 17.8 Å². The summed E-state index contributed by atoms with van der Waals surface area (Å²) in [5, 5.41) is 18.5. The standard InChI is InChI=1S/C12H19NO4/c1-7-4-9(10(5-7)12(16)17)11(15)13-3-2-8(14)6-13/h7-10,14H,2-6H2,1H3,(H,16,17)/t7?,8-,9?,10?/m0/s1. The lowest BCUT2D eigenvalue weighted by atomic mass is 9.95. The summed E-state index contributed by atoms with van der Waals surface area (Å²) < 4.78 is 0. The molecule has 0 radical (unpaired) electrons. The normalized spacial score (nSPS) is 37.4. The summed E-state index contributed by atoms with van der Waals surface area (Å²) in [6, 6.07) is 0. The minimum absolute atomic E-state index is 0.0849. The van der Waals surface area contributed by atoms with E-state index in [9.17, 15) is 14.7 Å². The zero-order valence-corrected chi connectivity index (χ0v) is 10.0. The number of aliphatic hydroxyl groups excluding tert-OH is 1. The highest BCUT2D eigenvalue weighted by Crippen LogP contribution is 2.38. The molecule has 2 aliphatic rings. The molecule has 0 bridgehead atoms. The van der Waals surface area contributed by atoms with Crippen LogP contribution in [0.4, 0.5) is 0 Å². The van der Waals surface area contributed by atoms with Crippen LogP contribution in [-0.2, 0) is 9.59 Å². The topological polar surface area (TPSA) is 77.8 Å². The van der Waals surface area contributed by atoms with Gasteiger partial charge in [-0.25, -0.2) is 0 Å². The number of β-amino-alcohol motifs (C(OH)–C–C–N with tert-alkyl or cyclic N) is 1. The first-order valence-electron chi connectivity index (χ1n) is 6.18. The van der Waals surface area contributed by atoms with Crippen molar-refractivity contribution in [3.8, 4) is 0 Å². The first-order valence-corrected chi connectivity index (χ1v) is 6.18. The minimum atomic E-state index is -0.868. The molecule has 4 atom stereocenters. The Morgan fingerprint density at radius 3 is 2.41 bits per heavy atom. The molecule has 0 aromatic heterocycles. The van der Waals surface area contributed by atoms with E-state index in [0.717, 1.165) is 0 Å². The van der Waals surface area contributed by atoms with Gasteiger partial charge in [0, 0.05) is 13.1 Å². The second kappa shape index (κ2) is 4.64. The van der Waals surface area contributed by atoms with Gasteiger partial charge in [-0.2, -0.15) is 0 Å². The summed E-state index contributed by atoms with van der Waals surface area (Å²) in [4.78, 5) is 24.9. The fourth-order valence-corrected chi connectivity index (χ4v) is 3.01. The van der Waals surface area contributed by atoms with Gasteiger partial charge in [0.15, 0.2) is 0 Å². The predicted octanol–water partition coefficient (Wildman–Crippen LogP) is 0.326. The van der Waals surface area contributed by atoms with Crippen molar-refractivity contribution in [2.75, 3.05) is 13.1 Å². The van der Waals surface area contributed by atoms with Crippen LogP contribution in [0.5, 0.6) is 0 Å². The van der Waals surface area contributed by atoms with Gasteiger partial charge in [0.25, 0.3) is 0 Å². The minimum Gasteiger partial charge on any atom is -0.481 e. The molecule has 1 saturated carbocycles. The van der Waals surface area contributed by atoms with Crippen molar-refractivity contribution < 1.29 is 19.8 Å². The molecule has 1 saturated heterocycles. The lowest BCUT2D eigenvalue weighted by Gasteiger charge is -2.22. The van der Waals surface area contributed by atoms with Gasteiger partial charge in [0.1, 0.15) is 0 Å². The van der Waals surface area contributed by atoms with Crippen LogP contribution < -0.4 is 0 Å². The zero-order valence-electron chi connectivity index (χ0n) is 10.0. The van der Waals surface area contributed by atoms with E-state index < -0.39 is 23.9 Å². The summed E-state index contributed by atoms with van der Waals surface area (Å²) in [6.45, 7) is 2.90. The van der Waals surface area contributed by atoms with E-state index in [1.165, 1.54) is 0 Å². The Balaban J connectivity index is 2.05. The number of carbonyl (C=O) groups is 2. The Labute approximate surface area is 100 Å². The van der Waals surface area contributed by atoms with E-state index in [4.69, 9.17) is 5.11 Å². The van der Waals surface area contributed by atoms with Crippen LogP contribution in [0.15, 0.2) is 0 Å². The molecule has 1 amide bonds. The highest BCUT2D eigenvalue weighted by molar-refractivity contribution is 5.85. The lowest BCUT2D eigenvalue weighted by Crippen LogP contribution is -2.38. The van der Waals surface area contributed by atoms with E-state index in [1.54, 1.807) is 4.90 Å². The van der Waals surface area contributed by atoms with Gasteiger partial charge in [0.05, 0.1) is 17.9 Å². The Morgan fingerprint density at radius 2 is 1.88 bits per heavy atom. The maximum atomic E-state index is 12.2. The highest BCUT2D eigenvalue weighted by atomic mass is 16.4. The number of aliphatic hydroxyl groups is 1. The van der Waals surface area contributed by atoms with Crippen molar-refractivity contribution >= 4 is 11.9 Å². The Morgan fingerprint density at radius 1 is 1.24 bits per heavy atom. The highest BCUT2D eigenvalue weighted by Gasteiger charge is 2.43. The van der Waals surface area contributed by atoms with Crippen molar-refractivity contribution in [1.82, 2.24) is 4.90 Å². The molecule has 2 fully saturated rings. The number of hydrogen-bond donors (Lipinski definition) is 2. The first-order chi connectivity index (χ1) is 7.99. The maximum Gasteiger partial charge on any atom is 0.307 e. The molecule has 5 nitrogen and oxygen atoms in total. The van der Waals surface area contributed by atoms with E-state index >= 15 is 0 Å². The van der Waals surface area contributed by atoms with Crippen LogP contribution >= 0.6 is 0 Å². The van der Waals surface area contributed by atoms with Gasteiger partial charge < -0.3 is 15.1 Å². The van der Waals surface area contributed by atoms with Gasteiger partial charge in [-0.15, -0.1) is 0 Å². The summed E-state index contributed by atoms with van der Waals surface area (Å²) in [5.74, 6) is -1.61. The molecule has 1 heterocycles. The Bertz CT molecular complexity index is 330. The SMILES string of the molecule is CC1CC(C(=O)O)C(C(=O)N2CC[C@H](O)C2)C1. The third-order valence-electron chi connectivity index (χ3n) is 3.91. The van der Waals surface area contributed by atoms with Crippen molar-refractivity contribution in [3.05, 3.63) is 0 Å². The van der Waals surface area contributed by atoms with Crippen LogP contribution in [0.3, 0.4) is 0 Å². The average Bonchev–Trinajstić information content (AvgIpc) is 2.83. The largest absolute Gasteiger partial charge is 0.481 e. The van der Waals surface area contributed by atoms with E-state index in [1.807, 2.05) is 6.92 Å². The first kappa shape index (κ1) is 12.4. The summed E-state index contributed by atoms with van der Waals surface area (Å²) in [5.41, 5.74) is 0. The molecule has 17 heavy (non-hydrogen) atoms. The van der Waals surface area contributed by atoms with Crippen molar-refractivity contribution in [2.45, 2.75) is 32.3 Å². The fourth-order valence-electron chi connectivity index (χ4n) is 3.01. The molecule has 0 aromatic rings. The number of likely N-dealkylation sites (tertiary alicyclic amines) is 1. The van der Waals surface area contributed by atoms with Crippen molar-refractivity contribution in [2.24, 2.45) is 17.8 Å². The molecule has 3 unspecified atom stereocenters. The number of aliphatic carboxylic acids is 1. The van der Waals surface area contributed by atoms with Gasteiger partial charge in [0.2, 0.25) is 5.91 Å². The fraction of sp³-hybridized carbons (Fsp3) is 0.833. The third-order valence-corrected chi connectivity index (χ3v) is 3.91. The van der Waals surface area contributed by atoms with Gasteiger partial charge in [-0.1, -0.05) is 6.92 Å². The van der Waals surface area contributed by atoms with Crippen molar-refractivity contribution in [1.29, 1.82) is 0 Å². The van der Waals surface area contributed by atoms with Crippen LogP contribution in [-0.4, -0.2) is 46.2 Å². The smallest absolute Gasteiger partial charge is 0.307 e. The molecule has 1 aliphatic carbocycles. The number of nitrogens with zero attached hydrogens (tertiary/aromatic N) is 1. The van der Waals surface area contributed by atoms with E-state index in [2.05, 4.69) is 0 Å². The molecular formula is C12H19NO4. The number of amides is 1. The van der Waals surface area contributed by atoms with Crippen LogP contribution in [0.2, 0.25) is 0 Å².